The lowest BCUT2D eigenvalue weighted by molar-refractivity contribution is -0.137. The van der Waals surface area contributed by atoms with Gasteiger partial charge < -0.3 is 15.3 Å². The number of aliphatic carboxylic acids is 1. The molecule has 2 N–H and O–H groups in total. The maximum Gasteiger partial charge on any atom is 0.323 e. The topological polar surface area (TPSA) is 86.7 Å². The van der Waals surface area contributed by atoms with Crippen molar-refractivity contribution < 1.29 is 19.5 Å². The van der Waals surface area contributed by atoms with E-state index in [0.717, 1.165) is 4.90 Å². The van der Waals surface area contributed by atoms with Crippen LogP contribution in [0.2, 0.25) is 10.0 Å². The van der Waals surface area contributed by atoms with E-state index in [1.807, 2.05) is 0 Å². The van der Waals surface area contributed by atoms with E-state index < -0.39 is 24.6 Å². The Bertz CT molecular complexity index is 591. The highest BCUT2D eigenvalue weighted by Gasteiger charge is 2.35. The Balaban J connectivity index is 2.15. The van der Waals surface area contributed by atoms with Crippen molar-refractivity contribution in [1.82, 2.24) is 10.2 Å². The normalized spacial score (nSPS) is 18.0. The zero-order chi connectivity index (χ0) is 14.9. The second kappa shape index (κ2) is 5.68. The SMILES string of the molecule is O=C(O)CN1CC(C(=O)c2ccc(Cl)cc2Cl)NC1=O. The van der Waals surface area contributed by atoms with E-state index in [1.54, 1.807) is 0 Å². The molecule has 1 saturated heterocycles. The van der Waals surface area contributed by atoms with Gasteiger partial charge in [0.25, 0.3) is 0 Å². The first-order chi connectivity index (χ1) is 9.38. The number of rotatable bonds is 4. The monoisotopic (exact) mass is 316 g/mol. The molecule has 1 atom stereocenters. The molecule has 0 aromatic heterocycles. The highest BCUT2D eigenvalue weighted by Crippen LogP contribution is 2.23. The standard InChI is InChI=1S/C12H10Cl2N2O4/c13-6-1-2-7(8(14)3-6)11(19)9-4-16(5-10(17)18)12(20)15-9/h1-3,9H,4-5H2,(H,15,20)(H,17,18). The van der Waals surface area contributed by atoms with E-state index >= 15 is 0 Å². The Morgan fingerprint density at radius 3 is 2.70 bits per heavy atom. The summed E-state index contributed by atoms with van der Waals surface area (Å²) in [6.07, 6.45) is 0. The average Bonchev–Trinajstić information content (AvgIpc) is 2.69. The van der Waals surface area contributed by atoms with Crippen molar-refractivity contribution in [3.8, 4) is 0 Å². The average molecular weight is 317 g/mol. The van der Waals surface area contributed by atoms with Crippen molar-refractivity contribution in [2.45, 2.75) is 6.04 Å². The number of carbonyl (C=O) groups is 3. The van der Waals surface area contributed by atoms with Gasteiger partial charge in [0.05, 0.1) is 11.6 Å². The number of halogens is 2. The number of ketones is 1. The number of nitrogens with zero attached hydrogens (tertiary/aromatic N) is 1. The van der Waals surface area contributed by atoms with Crippen molar-refractivity contribution in [3.05, 3.63) is 33.8 Å². The summed E-state index contributed by atoms with van der Waals surface area (Å²) in [6, 6.07) is 3.02. The summed E-state index contributed by atoms with van der Waals surface area (Å²) in [5.74, 6) is -1.52. The van der Waals surface area contributed by atoms with Gasteiger partial charge >= 0.3 is 12.0 Å². The number of amides is 2. The summed E-state index contributed by atoms with van der Waals surface area (Å²) in [7, 11) is 0. The van der Waals surface area contributed by atoms with Crippen molar-refractivity contribution in [3.63, 3.8) is 0 Å². The Morgan fingerprint density at radius 2 is 2.10 bits per heavy atom. The minimum atomic E-state index is -1.14. The van der Waals surface area contributed by atoms with E-state index in [-0.39, 0.29) is 22.9 Å². The Morgan fingerprint density at radius 1 is 1.40 bits per heavy atom. The smallest absolute Gasteiger partial charge is 0.323 e. The van der Waals surface area contributed by atoms with Crippen molar-refractivity contribution in [2.24, 2.45) is 0 Å². The second-order valence-corrected chi connectivity index (χ2v) is 5.11. The highest BCUT2D eigenvalue weighted by atomic mass is 35.5. The molecule has 0 spiro atoms. The molecular formula is C12H10Cl2N2O4. The lowest BCUT2D eigenvalue weighted by Crippen LogP contribution is -2.34. The number of carbonyl (C=O) groups excluding carboxylic acids is 2. The van der Waals surface area contributed by atoms with Gasteiger partial charge in [-0.05, 0) is 18.2 Å². The van der Waals surface area contributed by atoms with Crippen LogP contribution in [0.3, 0.4) is 0 Å². The van der Waals surface area contributed by atoms with Crippen LogP contribution >= 0.6 is 23.2 Å². The molecule has 0 bridgehead atoms. The maximum atomic E-state index is 12.2. The molecule has 0 aliphatic carbocycles. The third-order valence-electron chi connectivity index (χ3n) is 2.83. The van der Waals surface area contributed by atoms with Gasteiger partial charge in [0.2, 0.25) is 0 Å². The Labute approximate surface area is 124 Å². The maximum absolute atomic E-state index is 12.2. The summed E-state index contributed by atoms with van der Waals surface area (Å²) in [5.41, 5.74) is 0.235. The fraction of sp³-hybridized carbons (Fsp3) is 0.250. The van der Waals surface area contributed by atoms with Crippen LogP contribution < -0.4 is 5.32 Å². The summed E-state index contributed by atoms with van der Waals surface area (Å²) in [5, 5.41) is 11.7. The first-order valence-electron chi connectivity index (χ1n) is 5.65. The number of hydrogen-bond acceptors (Lipinski definition) is 3. The lowest BCUT2D eigenvalue weighted by Gasteiger charge is -2.11. The van der Waals surface area contributed by atoms with Crippen LogP contribution in [0.15, 0.2) is 18.2 Å². The van der Waals surface area contributed by atoms with Crippen molar-refractivity contribution in [1.29, 1.82) is 0 Å². The van der Waals surface area contributed by atoms with Crippen LogP contribution in [0, 0.1) is 0 Å². The summed E-state index contributed by atoms with van der Waals surface area (Å²) in [6.45, 7) is -0.465. The molecule has 6 nitrogen and oxygen atoms in total. The van der Waals surface area contributed by atoms with Crippen LogP contribution in [0.25, 0.3) is 0 Å². The minimum Gasteiger partial charge on any atom is -0.480 e. The molecule has 1 aromatic carbocycles. The molecule has 1 heterocycles. The number of carboxylic acid groups (broad SMARTS) is 1. The molecule has 1 unspecified atom stereocenters. The highest BCUT2D eigenvalue weighted by molar-refractivity contribution is 6.37. The molecule has 0 saturated carbocycles. The van der Waals surface area contributed by atoms with Gasteiger partial charge in [-0.3, -0.25) is 9.59 Å². The first-order valence-corrected chi connectivity index (χ1v) is 6.40. The summed E-state index contributed by atoms with van der Waals surface area (Å²) < 4.78 is 0. The lowest BCUT2D eigenvalue weighted by atomic mass is 10.0. The number of benzene rings is 1. The molecule has 2 amide bonds. The second-order valence-electron chi connectivity index (χ2n) is 4.26. The van der Waals surface area contributed by atoms with Crippen molar-refractivity contribution in [2.75, 3.05) is 13.1 Å². The predicted molar refractivity (Wildman–Crippen MR) is 72.3 cm³/mol. The number of urea groups is 1. The fourth-order valence-corrected chi connectivity index (χ4v) is 2.42. The predicted octanol–water partition coefficient (Wildman–Crippen LogP) is 1.65. The molecular weight excluding hydrogens is 307 g/mol. The van der Waals surface area contributed by atoms with Crippen LogP contribution in [0.4, 0.5) is 4.79 Å². The molecule has 106 valence electrons. The fourth-order valence-electron chi connectivity index (χ4n) is 1.91. The van der Waals surface area contributed by atoms with E-state index in [4.69, 9.17) is 28.3 Å². The van der Waals surface area contributed by atoms with Gasteiger partial charge in [-0.15, -0.1) is 0 Å². The number of hydrogen-bond donors (Lipinski definition) is 2. The molecule has 8 heteroatoms. The molecule has 1 aliphatic heterocycles. The third-order valence-corrected chi connectivity index (χ3v) is 3.37. The Hall–Kier alpha value is -1.79. The molecule has 1 aromatic rings. The van der Waals surface area contributed by atoms with E-state index in [2.05, 4.69) is 5.32 Å². The van der Waals surface area contributed by atoms with Gasteiger partial charge in [0.15, 0.2) is 5.78 Å². The van der Waals surface area contributed by atoms with Crippen LogP contribution in [0.1, 0.15) is 10.4 Å². The number of carboxylic acids is 1. The Kier molecular flexibility index (Phi) is 4.15. The van der Waals surface area contributed by atoms with Gasteiger partial charge in [-0.1, -0.05) is 23.2 Å². The number of Topliss-reactive ketones (excluding diaryl/α,β-unsaturated/α-hetero) is 1. The molecule has 1 aliphatic rings. The molecule has 20 heavy (non-hydrogen) atoms. The van der Waals surface area contributed by atoms with Crippen molar-refractivity contribution >= 4 is 41.0 Å². The van der Waals surface area contributed by atoms with Crippen LogP contribution in [0.5, 0.6) is 0 Å². The zero-order valence-electron chi connectivity index (χ0n) is 10.1. The largest absolute Gasteiger partial charge is 0.480 e. The molecule has 1 fully saturated rings. The zero-order valence-corrected chi connectivity index (χ0v) is 11.6. The van der Waals surface area contributed by atoms with Gasteiger partial charge in [0, 0.05) is 10.6 Å². The summed E-state index contributed by atoms with van der Waals surface area (Å²) in [4.78, 5) is 35.4. The van der Waals surface area contributed by atoms with Gasteiger partial charge in [0.1, 0.15) is 12.6 Å². The van der Waals surface area contributed by atoms with E-state index in [9.17, 15) is 14.4 Å². The third kappa shape index (κ3) is 3.02. The van der Waals surface area contributed by atoms with E-state index in [1.165, 1.54) is 18.2 Å². The number of nitrogens with one attached hydrogen (secondary N) is 1. The molecule has 0 radical (unpaired) electrons. The van der Waals surface area contributed by atoms with Gasteiger partial charge in [-0.25, -0.2) is 4.79 Å². The first kappa shape index (κ1) is 14.6. The van der Waals surface area contributed by atoms with Crippen LogP contribution in [-0.2, 0) is 4.79 Å². The van der Waals surface area contributed by atoms with Crippen LogP contribution in [-0.4, -0.2) is 46.9 Å². The molecule has 2 rings (SSSR count). The van der Waals surface area contributed by atoms with E-state index in [0.29, 0.717) is 5.02 Å². The van der Waals surface area contributed by atoms with Gasteiger partial charge in [-0.2, -0.15) is 0 Å². The summed E-state index contributed by atoms with van der Waals surface area (Å²) >= 11 is 11.7. The minimum absolute atomic E-state index is 0.0110. The quantitative estimate of drug-likeness (QED) is 0.827.